The van der Waals surface area contributed by atoms with Gasteiger partial charge in [0.2, 0.25) is 0 Å². The Labute approximate surface area is 122 Å². The van der Waals surface area contributed by atoms with Crippen LogP contribution in [-0.2, 0) is 11.3 Å². The molecular formula is C17H27NO2. The lowest BCUT2D eigenvalue weighted by Crippen LogP contribution is -2.41. The number of carbonyl (C=O) groups is 1. The van der Waals surface area contributed by atoms with Crippen molar-refractivity contribution >= 4 is 5.97 Å². The van der Waals surface area contributed by atoms with Gasteiger partial charge in [-0.2, -0.15) is 0 Å². The average Bonchev–Trinajstić information content (AvgIpc) is 2.36. The quantitative estimate of drug-likeness (QED) is 0.732. The number of carboxylic acids is 1. The molecule has 0 fully saturated rings. The minimum atomic E-state index is -0.693. The molecule has 3 heteroatoms. The summed E-state index contributed by atoms with van der Waals surface area (Å²) in [6, 6.07) is 10.5. The minimum Gasteiger partial charge on any atom is -0.481 e. The summed E-state index contributed by atoms with van der Waals surface area (Å²) in [6.45, 7) is 8.65. The second kappa shape index (κ2) is 8.05. The van der Waals surface area contributed by atoms with E-state index in [2.05, 4.69) is 49.9 Å². The standard InChI is InChI=1S/C17H27NO2/c1-17(2,3)18(13-9-5-8-12-16(19)20)14-15-10-6-4-7-11-15/h4,6-7,10-11H,5,8-9,12-14H2,1-3H3,(H,19,20). The summed E-state index contributed by atoms with van der Waals surface area (Å²) in [7, 11) is 0. The van der Waals surface area contributed by atoms with Crippen molar-refractivity contribution in [2.45, 2.75) is 58.5 Å². The van der Waals surface area contributed by atoms with Crippen LogP contribution in [0.15, 0.2) is 30.3 Å². The Hall–Kier alpha value is -1.35. The van der Waals surface area contributed by atoms with Crippen molar-refractivity contribution in [1.29, 1.82) is 0 Å². The van der Waals surface area contributed by atoms with Crippen LogP contribution in [0.4, 0.5) is 0 Å². The number of rotatable bonds is 8. The van der Waals surface area contributed by atoms with Gasteiger partial charge in [-0.25, -0.2) is 0 Å². The Morgan fingerprint density at radius 3 is 2.30 bits per heavy atom. The lowest BCUT2D eigenvalue weighted by Gasteiger charge is -2.36. The summed E-state index contributed by atoms with van der Waals surface area (Å²) in [6.07, 6.45) is 3.10. The Balaban J connectivity index is 2.43. The van der Waals surface area contributed by atoms with Crippen LogP contribution in [0.5, 0.6) is 0 Å². The zero-order valence-electron chi connectivity index (χ0n) is 12.9. The van der Waals surface area contributed by atoms with Crippen molar-refractivity contribution < 1.29 is 9.90 Å². The lowest BCUT2D eigenvalue weighted by atomic mass is 10.0. The fraction of sp³-hybridized carbons (Fsp3) is 0.588. The van der Waals surface area contributed by atoms with Crippen LogP contribution in [0.2, 0.25) is 0 Å². The fourth-order valence-electron chi connectivity index (χ4n) is 2.21. The van der Waals surface area contributed by atoms with Crippen molar-refractivity contribution in [3.05, 3.63) is 35.9 Å². The van der Waals surface area contributed by atoms with Gasteiger partial charge in [-0.1, -0.05) is 36.8 Å². The minimum absolute atomic E-state index is 0.128. The normalized spacial score (nSPS) is 11.8. The maximum absolute atomic E-state index is 10.5. The van der Waals surface area contributed by atoms with Crippen LogP contribution in [-0.4, -0.2) is 28.1 Å². The predicted molar refractivity (Wildman–Crippen MR) is 82.7 cm³/mol. The third-order valence-corrected chi connectivity index (χ3v) is 3.48. The Morgan fingerprint density at radius 1 is 1.10 bits per heavy atom. The van der Waals surface area contributed by atoms with E-state index in [1.165, 1.54) is 5.56 Å². The SMILES string of the molecule is CC(C)(C)N(CCCCCC(=O)O)Cc1ccccc1. The smallest absolute Gasteiger partial charge is 0.303 e. The first-order valence-corrected chi connectivity index (χ1v) is 7.40. The summed E-state index contributed by atoms with van der Waals surface area (Å²) < 4.78 is 0. The van der Waals surface area contributed by atoms with Gasteiger partial charge in [-0.3, -0.25) is 9.69 Å². The molecule has 3 nitrogen and oxygen atoms in total. The highest BCUT2D eigenvalue weighted by molar-refractivity contribution is 5.66. The van der Waals surface area contributed by atoms with Gasteiger partial charge < -0.3 is 5.11 Å². The van der Waals surface area contributed by atoms with Crippen LogP contribution in [0.25, 0.3) is 0 Å². The fourth-order valence-corrected chi connectivity index (χ4v) is 2.21. The molecule has 0 atom stereocenters. The van der Waals surface area contributed by atoms with E-state index in [0.717, 1.165) is 32.4 Å². The van der Waals surface area contributed by atoms with E-state index in [1.807, 2.05) is 6.07 Å². The third kappa shape index (κ3) is 6.71. The Bertz CT molecular complexity index is 395. The van der Waals surface area contributed by atoms with E-state index in [-0.39, 0.29) is 12.0 Å². The molecule has 0 amide bonds. The number of carboxylic acid groups (broad SMARTS) is 1. The van der Waals surface area contributed by atoms with E-state index < -0.39 is 5.97 Å². The number of nitrogens with zero attached hydrogens (tertiary/aromatic N) is 1. The molecule has 0 bridgehead atoms. The van der Waals surface area contributed by atoms with Crippen LogP contribution in [0.1, 0.15) is 52.0 Å². The number of hydrogen-bond acceptors (Lipinski definition) is 2. The molecule has 1 N–H and O–H groups in total. The van der Waals surface area contributed by atoms with Gasteiger partial charge in [0, 0.05) is 18.5 Å². The van der Waals surface area contributed by atoms with Gasteiger partial charge in [0.25, 0.3) is 0 Å². The highest BCUT2D eigenvalue weighted by Gasteiger charge is 2.20. The van der Waals surface area contributed by atoms with Gasteiger partial charge in [-0.15, -0.1) is 0 Å². The Morgan fingerprint density at radius 2 is 1.75 bits per heavy atom. The molecule has 112 valence electrons. The van der Waals surface area contributed by atoms with Gasteiger partial charge in [-0.05, 0) is 45.7 Å². The summed E-state index contributed by atoms with van der Waals surface area (Å²) in [5.41, 5.74) is 1.45. The molecule has 0 unspecified atom stereocenters. The molecule has 0 saturated carbocycles. The molecule has 0 spiro atoms. The average molecular weight is 277 g/mol. The van der Waals surface area contributed by atoms with Crippen molar-refractivity contribution in [2.75, 3.05) is 6.54 Å². The van der Waals surface area contributed by atoms with Crippen molar-refractivity contribution in [3.8, 4) is 0 Å². The topological polar surface area (TPSA) is 40.5 Å². The van der Waals surface area contributed by atoms with Crippen LogP contribution >= 0.6 is 0 Å². The molecule has 0 aliphatic rings. The summed E-state index contributed by atoms with van der Waals surface area (Å²) in [5.74, 6) is -0.693. The first-order valence-electron chi connectivity index (χ1n) is 7.40. The second-order valence-corrected chi connectivity index (χ2v) is 6.28. The highest BCUT2D eigenvalue weighted by atomic mass is 16.4. The van der Waals surface area contributed by atoms with Gasteiger partial charge in [0.15, 0.2) is 0 Å². The molecule has 1 aromatic rings. The molecular weight excluding hydrogens is 250 g/mol. The molecule has 0 aliphatic carbocycles. The molecule has 0 aliphatic heterocycles. The highest BCUT2D eigenvalue weighted by Crippen LogP contribution is 2.18. The van der Waals surface area contributed by atoms with E-state index in [4.69, 9.17) is 5.11 Å². The molecule has 0 aromatic heterocycles. The van der Waals surface area contributed by atoms with Gasteiger partial charge in [0.1, 0.15) is 0 Å². The molecule has 0 heterocycles. The zero-order chi connectivity index (χ0) is 15.0. The predicted octanol–water partition coefficient (Wildman–Crippen LogP) is 3.93. The number of hydrogen-bond donors (Lipinski definition) is 1. The zero-order valence-corrected chi connectivity index (χ0v) is 12.9. The summed E-state index contributed by atoms with van der Waals surface area (Å²) in [5, 5.41) is 8.64. The van der Waals surface area contributed by atoms with Gasteiger partial charge in [0.05, 0.1) is 0 Å². The molecule has 20 heavy (non-hydrogen) atoms. The third-order valence-electron chi connectivity index (χ3n) is 3.48. The van der Waals surface area contributed by atoms with Crippen molar-refractivity contribution in [3.63, 3.8) is 0 Å². The van der Waals surface area contributed by atoms with Crippen LogP contribution in [0, 0.1) is 0 Å². The van der Waals surface area contributed by atoms with Crippen molar-refractivity contribution in [2.24, 2.45) is 0 Å². The van der Waals surface area contributed by atoms with Crippen LogP contribution < -0.4 is 0 Å². The molecule has 1 aromatic carbocycles. The monoisotopic (exact) mass is 277 g/mol. The first-order chi connectivity index (χ1) is 9.39. The molecule has 1 rings (SSSR count). The second-order valence-electron chi connectivity index (χ2n) is 6.28. The van der Waals surface area contributed by atoms with E-state index in [0.29, 0.717) is 0 Å². The first kappa shape index (κ1) is 16.7. The summed E-state index contributed by atoms with van der Waals surface area (Å²) in [4.78, 5) is 12.9. The number of benzene rings is 1. The largest absolute Gasteiger partial charge is 0.481 e. The van der Waals surface area contributed by atoms with Crippen LogP contribution in [0.3, 0.4) is 0 Å². The van der Waals surface area contributed by atoms with Gasteiger partial charge >= 0.3 is 5.97 Å². The lowest BCUT2D eigenvalue weighted by molar-refractivity contribution is -0.137. The summed E-state index contributed by atoms with van der Waals surface area (Å²) >= 11 is 0. The van der Waals surface area contributed by atoms with E-state index >= 15 is 0 Å². The van der Waals surface area contributed by atoms with E-state index in [1.54, 1.807) is 0 Å². The molecule has 0 radical (unpaired) electrons. The number of aliphatic carboxylic acids is 1. The maximum atomic E-state index is 10.5. The van der Waals surface area contributed by atoms with E-state index in [9.17, 15) is 4.79 Å². The molecule has 0 saturated heterocycles. The Kier molecular flexibility index (Phi) is 6.73. The maximum Gasteiger partial charge on any atom is 0.303 e. The number of unbranched alkanes of at least 4 members (excludes halogenated alkanes) is 2. The van der Waals surface area contributed by atoms with Crippen molar-refractivity contribution in [1.82, 2.24) is 4.90 Å².